The minimum atomic E-state index is -0.411. The van der Waals surface area contributed by atoms with Gasteiger partial charge in [0.05, 0.1) is 0 Å². The van der Waals surface area contributed by atoms with Gasteiger partial charge in [0.15, 0.2) is 0 Å². The van der Waals surface area contributed by atoms with Crippen molar-refractivity contribution in [1.29, 1.82) is 0 Å². The van der Waals surface area contributed by atoms with Crippen LogP contribution in [0.4, 0.5) is 4.39 Å². The maximum atomic E-state index is 13.5. The normalized spacial score (nSPS) is 12.5. The molecule has 1 aromatic carbocycles. The van der Waals surface area contributed by atoms with Gasteiger partial charge >= 0.3 is 0 Å². The molecular weight excluding hydrogens is 213 g/mol. The summed E-state index contributed by atoms with van der Waals surface area (Å²) in [4.78, 5) is 0. The molecule has 0 saturated carbocycles. The maximum Gasteiger partial charge on any atom is 0.129 e. The molecule has 0 aliphatic carbocycles. The number of nitrogens with two attached hydrogens (primary N) is 1. The van der Waals surface area contributed by atoms with Crippen LogP contribution < -0.4 is 5.73 Å². The molecule has 0 saturated heterocycles. The molecule has 0 fully saturated rings. The molecule has 1 aromatic rings. The van der Waals surface area contributed by atoms with E-state index in [1.165, 1.54) is 6.07 Å². The van der Waals surface area contributed by atoms with Gasteiger partial charge in [-0.1, -0.05) is 36.7 Å². The van der Waals surface area contributed by atoms with Crippen molar-refractivity contribution in [2.45, 2.75) is 25.8 Å². The smallest absolute Gasteiger partial charge is 0.129 e. The Kier molecular flexibility index (Phi) is 4.30. The van der Waals surface area contributed by atoms with Gasteiger partial charge in [-0.3, -0.25) is 0 Å². The fourth-order valence-electron chi connectivity index (χ4n) is 1.42. The molecule has 0 bridgehead atoms. The van der Waals surface area contributed by atoms with Gasteiger partial charge in [-0.05, 0) is 25.0 Å². The van der Waals surface area contributed by atoms with Crippen LogP contribution in [-0.4, -0.2) is 0 Å². The van der Waals surface area contributed by atoms with E-state index in [-0.39, 0.29) is 5.82 Å². The van der Waals surface area contributed by atoms with Crippen molar-refractivity contribution >= 4 is 11.6 Å². The average molecular weight is 228 g/mol. The summed E-state index contributed by atoms with van der Waals surface area (Å²) in [6, 6.07) is 4.18. The van der Waals surface area contributed by atoms with Crippen molar-refractivity contribution < 1.29 is 4.39 Å². The summed E-state index contributed by atoms with van der Waals surface area (Å²) in [7, 11) is 0. The maximum absolute atomic E-state index is 13.5. The van der Waals surface area contributed by atoms with E-state index >= 15 is 0 Å². The molecule has 1 rings (SSSR count). The van der Waals surface area contributed by atoms with Crippen molar-refractivity contribution in [3.63, 3.8) is 0 Å². The fraction of sp³-hybridized carbons (Fsp3) is 0.333. The average Bonchev–Trinajstić information content (AvgIpc) is 2.17. The highest BCUT2D eigenvalue weighted by atomic mass is 35.5. The lowest BCUT2D eigenvalue weighted by Gasteiger charge is -2.15. The number of hydrogen-bond acceptors (Lipinski definition) is 1. The molecule has 3 heteroatoms. The number of benzene rings is 1. The quantitative estimate of drug-likeness (QED) is 0.778. The van der Waals surface area contributed by atoms with Crippen LogP contribution in [0.5, 0.6) is 0 Å². The minimum Gasteiger partial charge on any atom is -0.324 e. The standard InChI is InChI=1S/C12H15ClFN/c1-3-8(2)7-11(15)12-9(13)5-4-6-10(12)14/h4-6,11H,2-3,7,15H2,1H3. The van der Waals surface area contributed by atoms with E-state index in [9.17, 15) is 4.39 Å². The van der Waals surface area contributed by atoms with Gasteiger partial charge in [-0.2, -0.15) is 0 Å². The highest BCUT2D eigenvalue weighted by molar-refractivity contribution is 6.31. The number of rotatable bonds is 4. The molecule has 0 heterocycles. The van der Waals surface area contributed by atoms with E-state index in [2.05, 4.69) is 6.58 Å². The Bertz CT molecular complexity index is 342. The third-order valence-corrected chi connectivity index (χ3v) is 2.71. The predicted molar refractivity (Wildman–Crippen MR) is 62.4 cm³/mol. The molecule has 0 aliphatic heterocycles. The van der Waals surface area contributed by atoms with Gasteiger partial charge in [0, 0.05) is 16.6 Å². The first-order valence-corrected chi connectivity index (χ1v) is 5.30. The van der Waals surface area contributed by atoms with Gasteiger partial charge in [-0.15, -0.1) is 0 Å². The molecule has 0 amide bonds. The predicted octanol–water partition coefficient (Wildman–Crippen LogP) is 3.84. The van der Waals surface area contributed by atoms with Crippen LogP contribution in [0.3, 0.4) is 0 Å². The van der Waals surface area contributed by atoms with Gasteiger partial charge in [0.2, 0.25) is 0 Å². The molecular formula is C12H15ClFN. The zero-order valence-corrected chi connectivity index (χ0v) is 9.52. The third kappa shape index (κ3) is 3.05. The third-order valence-electron chi connectivity index (χ3n) is 2.38. The molecule has 0 spiro atoms. The molecule has 1 unspecified atom stereocenters. The Hall–Kier alpha value is -0.860. The van der Waals surface area contributed by atoms with Crippen LogP contribution in [-0.2, 0) is 0 Å². The first-order chi connectivity index (χ1) is 7.06. The summed E-state index contributed by atoms with van der Waals surface area (Å²) in [6.45, 7) is 5.85. The Morgan fingerprint density at radius 3 is 2.80 bits per heavy atom. The van der Waals surface area contributed by atoms with Crippen molar-refractivity contribution in [1.82, 2.24) is 0 Å². The van der Waals surface area contributed by atoms with E-state index in [0.29, 0.717) is 17.0 Å². The SMILES string of the molecule is C=C(CC)CC(N)c1c(F)cccc1Cl. The lowest BCUT2D eigenvalue weighted by atomic mass is 9.99. The minimum absolute atomic E-state index is 0.348. The number of hydrogen-bond donors (Lipinski definition) is 1. The van der Waals surface area contributed by atoms with Crippen LogP contribution >= 0.6 is 11.6 Å². The second kappa shape index (κ2) is 5.29. The molecule has 0 radical (unpaired) electrons. The van der Waals surface area contributed by atoms with Gasteiger partial charge in [0.1, 0.15) is 5.82 Å². The molecule has 15 heavy (non-hydrogen) atoms. The fourth-order valence-corrected chi connectivity index (χ4v) is 1.73. The highest BCUT2D eigenvalue weighted by Gasteiger charge is 2.15. The topological polar surface area (TPSA) is 26.0 Å². The first-order valence-electron chi connectivity index (χ1n) is 4.92. The largest absolute Gasteiger partial charge is 0.324 e. The summed E-state index contributed by atoms with van der Waals surface area (Å²) in [6.07, 6.45) is 1.41. The second-order valence-electron chi connectivity index (χ2n) is 3.55. The van der Waals surface area contributed by atoms with Crippen molar-refractivity contribution in [2.24, 2.45) is 5.73 Å². The Labute approximate surface area is 94.7 Å². The van der Waals surface area contributed by atoms with Crippen LogP contribution in [0.1, 0.15) is 31.4 Å². The molecule has 1 atom stereocenters. The Balaban J connectivity index is 2.90. The molecule has 1 nitrogen and oxygen atoms in total. The van der Waals surface area contributed by atoms with Crippen LogP contribution in [0.2, 0.25) is 5.02 Å². The molecule has 0 aromatic heterocycles. The summed E-state index contributed by atoms with van der Waals surface area (Å²) in [5, 5.41) is 0.381. The molecule has 0 aliphatic rings. The van der Waals surface area contributed by atoms with Crippen molar-refractivity contribution in [3.05, 3.63) is 46.8 Å². The van der Waals surface area contributed by atoms with E-state index < -0.39 is 6.04 Å². The second-order valence-corrected chi connectivity index (χ2v) is 3.96. The Morgan fingerprint density at radius 1 is 1.60 bits per heavy atom. The Morgan fingerprint density at radius 2 is 2.27 bits per heavy atom. The van der Waals surface area contributed by atoms with E-state index in [1.54, 1.807) is 12.1 Å². The highest BCUT2D eigenvalue weighted by Crippen LogP contribution is 2.28. The summed E-state index contributed by atoms with van der Waals surface area (Å²) in [5.74, 6) is -0.348. The lowest BCUT2D eigenvalue weighted by molar-refractivity contribution is 0.577. The summed E-state index contributed by atoms with van der Waals surface area (Å²) < 4.78 is 13.5. The van der Waals surface area contributed by atoms with Gasteiger partial charge in [0.25, 0.3) is 0 Å². The van der Waals surface area contributed by atoms with E-state index in [4.69, 9.17) is 17.3 Å². The zero-order valence-electron chi connectivity index (χ0n) is 8.76. The summed E-state index contributed by atoms with van der Waals surface area (Å²) >= 11 is 5.90. The van der Waals surface area contributed by atoms with Crippen molar-refractivity contribution in [3.8, 4) is 0 Å². The monoisotopic (exact) mass is 227 g/mol. The van der Waals surface area contributed by atoms with E-state index in [0.717, 1.165) is 12.0 Å². The molecule has 2 N–H and O–H groups in total. The van der Waals surface area contributed by atoms with Gasteiger partial charge < -0.3 is 5.73 Å². The van der Waals surface area contributed by atoms with Gasteiger partial charge in [-0.25, -0.2) is 4.39 Å². The number of halogens is 2. The van der Waals surface area contributed by atoms with Crippen LogP contribution in [0.15, 0.2) is 30.4 Å². The lowest BCUT2D eigenvalue weighted by Crippen LogP contribution is -2.13. The summed E-state index contributed by atoms with van der Waals surface area (Å²) in [5.41, 5.74) is 7.27. The van der Waals surface area contributed by atoms with E-state index in [1.807, 2.05) is 6.92 Å². The molecule has 82 valence electrons. The first kappa shape index (κ1) is 12.2. The van der Waals surface area contributed by atoms with Crippen LogP contribution in [0, 0.1) is 5.82 Å². The zero-order chi connectivity index (χ0) is 11.4. The van der Waals surface area contributed by atoms with Crippen LogP contribution in [0.25, 0.3) is 0 Å². The van der Waals surface area contributed by atoms with Crippen molar-refractivity contribution in [2.75, 3.05) is 0 Å².